The molecule has 20 heavy (non-hydrogen) atoms. The lowest BCUT2D eigenvalue weighted by Crippen LogP contribution is -1.72. The van der Waals surface area contributed by atoms with Crippen LogP contribution in [-0.2, 0) is 0 Å². The van der Waals surface area contributed by atoms with Crippen LogP contribution in [0.25, 0.3) is 12.2 Å². The monoisotopic (exact) mass is 278 g/mol. The maximum atomic E-state index is 2.14. The van der Waals surface area contributed by atoms with Gasteiger partial charge in [-0.25, -0.2) is 0 Å². The molecule has 2 aromatic carbocycles. The minimum atomic E-state index is 1.22. The Balaban J connectivity index is 1.86. The van der Waals surface area contributed by atoms with E-state index in [0.29, 0.717) is 0 Å². The number of thioether (sulfide) groups is 1. The predicted octanol–water partition coefficient (Wildman–Crippen LogP) is 5.69. The van der Waals surface area contributed by atoms with E-state index in [1.807, 2.05) is 30.4 Å². The Morgan fingerprint density at radius 2 is 1.20 bits per heavy atom. The van der Waals surface area contributed by atoms with Gasteiger partial charge in [-0.2, -0.15) is 0 Å². The molecule has 2 rings (SSSR count). The zero-order valence-corrected chi connectivity index (χ0v) is 12.4. The molecule has 0 unspecified atom stereocenters. The van der Waals surface area contributed by atoms with Crippen LogP contribution >= 0.6 is 11.8 Å². The SMILES string of the molecule is CSc1ccc(/C=C/C=C/C=C/c2ccccc2)cc1. The summed E-state index contributed by atoms with van der Waals surface area (Å²) in [7, 11) is 0. The van der Waals surface area contributed by atoms with Gasteiger partial charge in [0.15, 0.2) is 0 Å². The Hall–Kier alpha value is -1.99. The van der Waals surface area contributed by atoms with Crippen molar-refractivity contribution in [3.63, 3.8) is 0 Å². The van der Waals surface area contributed by atoms with Gasteiger partial charge in [0.1, 0.15) is 0 Å². The summed E-state index contributed by atoms with van der Waals surface area (Å²) in [5, 5.41) is 0. The maximum Gasteiger partial charge on any atom is 0.00695 e. The molecule has 0 radical (unpaired) electrons. The van der Waals surface area contributed by atoms with Crippen molar-refractivity contribution in [2.45, 2.75) is 4.90 Å². The third-order valence-electron chi connectivity index (χ3n) is 2.83. The first-order chi connectivity index (χ1) is 9.88. The second-order valence-electron chi connectivity index (χ2n) is 4.29. The summed E-state index contributed by atoms with van der Waals surface area (Å²) in [6.45, 7) is 0. The van der Waals surface area contributed by atoms with E-state index in [-0.39, 0.29) is 0 Å². The van der Waals surface area contributed by atoms with Crippen LogP contribution < -0.4 is 0 Å². The Labute approximate surface area is 125 Å². The third-order valence-corrected chi connectivity index (χ3v) is 3.57. The summed E-state index contributed by atoms with van der Waals surface area (Å²) in [6, 6.07) is 18.8. The molecule has 0 atom stereocenters. The topological polar surface area (TPSA) is 0 Å². The highest BCUT2D eigenvalue weighted by atomic mass is 32.2. The summed E-state index contributed by atoms with van der Waals surface area (Å²) < 4.78 is 0. The van der Waals surface area contributed by atoms with Gasteiger partial charge >= 0.3 is 0 Å². The molecule has 0 spiro atoms. The first kappa shape index (κ1) is 14.4. The highest BCUT2D eigenvalue weighted by Gasteiger charge is 1.88. The first-order valence-electron chi connectivity index (χ1n) is 6.59. The molecule has 0 aliphatic rings. The van der Waals surface area contributed by atoms with E-state index in [0.717, 1.165) is 0 Å². The molecule has 0 aliphatic heterocycles. The lowest BCUT2D eigenvalue weighted by atomic mass is 10.2. The van der Waals surface area contributed by atoms with Crippen molar-refractivity contribution >= 4 is 23.9 Å². The first-order valence-corrected chi connectivity index (χ1v) is 7.81. The summed E-state index contributed by atoms with van der Waals surface area (Å²) in [5.41, 5.74) is 2.44. The second-order valence-corrected chi connectivity index (χ2v) is 5.17. The summed E-state index contributed by atoms with van der Waals surface area (Å²) in [5.74, 6) is 0. The van der Waals surface area contributed by atoms with Gasteiger partial charge in [0, 0.05) is 4.90 Å². The Morgan fingerprint density at radius 1 is 0.650 bits per heavy atom. The minimum absolute atomic E-state index is 1.22. The van der Waals surface area contributed by atoms with Crippen molar-refractivity contribution in [1.29, 1.82) is 0 Å². The van der Waals surface area contributed by atoms with E-state index >= 15 is 0 Å². The van der Waals surface area contributed by atoms with Crippen LogP contribution in [0.1, 0.15) is 11.1 Å². The van der Waals surface area contributed by atoms with E-state index in [2.05, 4.69) is 67.0 Å². The van der Waals surface area contributed by atoms with E-state index in [9.17, 15) is 0 Å². The fourth-order valence-electron chi connectivity index (χ4n) is 1.74. The molecule has 100 valence electrons. The molecule has 1 heteroatoms. The highest BCUT2D eigenvalue weighted by Crippen LogP contribution is 2.15. The molecule has 2 aromatic rings. The lowest BCUT2D eigenvalue weighted by Gasteiger charge is -1.95. The summed E-state index contributed by atoms with van der Waals surface area (Å²) >= 11 is 1.76. The second kappa shape index (κ2) is 8.23. The van der Waals surface area contributed by atoms with E-state index in [1.54, 1.807) is 11.8 Å². The Kier molecular flexibility index (Phi) is 5.94. The van der Waals surface area contributed by atoms with E-state index < -0.39 is 0 Å². The predicted molar refractivity (Wildman–Crippen MR) is 91.9 cm³/mol. The van der Waals surface area contributed by atoms with Crippen molar-refractivity contribution in [1.82, 2.24) is 0 Å². The fraction of sp³-hybridized carbons (Fsp3) is 0.0526. The number of hydrogen-bond donors (Lipinski definition) is 0. The van der Waals surface area contributed by atoms with Crippen LogP contribution in [0.3, 0.4) is 0 Å². The van der Waals surface area contributed by atoms with Crippen molar-refractivity contribution in [3.8, 4) is 0 Å². The molecule has 0 heterocycles. The van der Waals surface area contributed by atoms with Crippen molar-refractivity contribution in [2.75, 3.05) is 6.26 Å². The molecule has 0 saturated carbocycles. The van der Waals surface area contributed by atoms with Gasteiger partial charge in [-0.15, -0.1) is 11.8 Å². The molecule has 0 aliphatic carbocycles. The van der Waals surface area contributed by atoms with Crippen molar-refractivity contribution in [3.05, 3.63) is 90.0 Å². The average molecular weight is 278 g/mol. The summed E-state index contributed by atoms with van der Waals surface area (Å²) in [4.78, 5) is 1.29. The van der Waals surface area contributed by atoms with E-state index in [4.69, 9.17) is 0 Å². The van der Waals surface area contributed by atoms with Gasteiger partial charge in [0.05, 0.1) is 0 Å². The number of rotatable bonds is 5. The quantitative estimate of drug-likeness (QED) is 0.500. The molecule has 0 fully saturated rings. The van der Waals surface area contributed by atoms with Crippen LogP contribution in [0.4, 0.5) is 0 Å². The largest absolute Gasteiger partial charge is 0.130 e. The van der Waals surface area contributed by atoms with Crippen LogP contribution in [0.2, 0.25) is 0 Å². The number of allylic oxidation sites excluding steroid dienone is 4. The van der Waals surface area contributed by atoms with Crippen LogP contribution in [0, 0.1) is 0 Å². The average Bonchev–Trinajstić information content (AvgIpc) is 2.52. The van der Waals surface area contributed by atoms with Crippen LogP contribution in [0.15, 0.2) is 83.8 Å². The molecule has 0 amide bonds. The molecule has 0 bridgehead atoms. The molecule has 0 saturated heterocycles. The molecule has 0 nitrogen and oxygen atoms in total. The van der Waals surface area contributed by atoms with Gasteiger partial charge < -0.3 is 0 Å². The molecular formula is C19H18S. The number of hydrogen-bond acceptors (Lipinski definition) is 1. The zero-order chi connectivity index (χ0) is 14.0. The standard InChI is InChI=1S/C19H18S/c1-20-19-15-13-18(14-16-19)12-6-3-2-5-9-17-10-7-4-8-11-17/h2-16H,1H3/b3-2+,9-5+,12-6+. The van der Waals surface area contributed by atoms with E-state index in [1.165, 1.54) is 16.0 Å². The van der Waals surface area contributed by atoms with Gasteiger partial charge in [-0.1, -0.05) is 78.9 Å². The highest BCUT2D eigenvalue weighted by molar-refractivity contribution is 7.98. The summed E-state index contributed by atoms with van der Waals surface area (Å²) in [6.07, 6.45) is 14.5. The molecule has 0 aromatic heterocycles. The van der Waals surface area contributed by atoms with Crippen molar-refractivity contribution in [2.24, 2.45) is 0 Å². The van der Waals surface area contributed by atoms with Gasteiger partial charge in [0.25, 0.3) is 0 Å². The molecular weight excluding hydrogens is 260 g/mol. The van der Waals surface area contributed by atoms with Crippen molar-refractivity contribution < 1.29 is 0 Å². The third kappa shape index (κ3) is 4.94. The van der Waals surface area contributed by atoms with Crippen LogP contribution in [0.5, 0.6) is 0 Å². The van der Waals surface area contributed by atoms with Gasteiger partial charge in [-0.05, 0) is 29.5 Å². The maximum absolute atomic E-state index is 2.14. The van der Waals surface area contributed by atoms with Gasteiger partial charge in [-0.3, -0.25) is 0 Å². The van der Waals surface area contributed by atoms with Gasteiger partial charge in [0.2, 0.25) is 0 Å². The molecule has 0 N–H and O–H groups in total. The fourth-order valence-corrected chi connectivity index (χ4v) is 2.15. The Morgan fingerprint density at radius 3 is 1.75 bits per heavy atom. The zero-order valence-electron chi connectivity index (χ0n) is 11.6. The Bertz CT molecular complexity index is 589. The normalized spacial score (nSPS) is 11.8. The lowest BCUT2D eigenvalue weighted by molar-refractivity contribution is 1.45. The smallest absolute Gasteiger partial charge is 0.00695 e. The van der Waals surface area contributed by atoms with Crippen LogP contribution in [-0.4, -0.2) is 6.26 Å². The number of benzene rings is 2. The minimum Gasteiger partial charge on any atom is -0.130 e.